The van der Waals surface area contributed by atoms with Crippen LogP contribution >= 0.6 is 0 Å². The van der Waals surface area contributed by atoms with E-state index in [4.69, 9.17) is 9.47 Å². The van der Waals surface area contributed by atoms with E-state index >= 15 is 0 Å². The van der Waals surface area contributed by atoms with E-state index in [9.17, 15) is 9.90 Å². The molecule has 0 spiro atoms. The quantitative estimate of drug-likeness (QED) is 0.830. The average Bonchev–Trinajstić information content (AvgIpc) is 3.27. The molecule has 1 N–H and O–H groups in total. The van der Waals surface area contributed by atoms with Crippen LogP contribution in [0.5, 0.6) is 11.5 Å². The van der Waals surface area contributed by atoms with E-state index in [0.29, 0.717) is 23.3 Å². The molecule has 0 radical (unpaired) electrons. The Labute approximate surface area is 126 Å². The van der Waals surface area contributed by atoms with Gasteiger partial charge in [-0.15, -0.1) is 0 Å². The van der Waals surface area contributed by atoms with Crippen molar-refractivity contribution in [1.82, 2.24) is 0 Å². The Morgan fingerprint density at radius 3 is 2.10 bits per heavy atom. The molecule has 0 aromatic heterocycles. The molecule has 1 saturated carbocycles. The summed E-state index contributed by atoms with van der Waals surface area (Å²) in [5, 5.41) is 9.22. The predicted molar refractivity (Wildman–Crippen MR) is 81.4 cm³/mol. The van der Waals surface area contributed by atoms with E-state index in [1.165, 1.54) is 0 Å². The monoisotopic (exact) mass is 292 g/mol. The SMILES string of the molecule is COc1cc(C(C)C)c(C(CC(=O)O)C2CC2)cc1OC. The Bertz CT molecular complexity index is 518. The van der Waals surface area contributed by atoms with E-state index in [1.54, 1.807) is 14.2 Å². The maximum absolute atomic E-state index is 11.2. The third-order valence-electron chi connectivity index (χ3n) is 4.20. The highest BCUT2D eigenvalue weighted by Crippen LogP contribution is 2.48. The Balaban J connectivity index is 2.50. The van der Waals surface area contributed by atoms with Gasteiger partial charge in [0, 0.05) is 0 Å². The molecule has 1 fully saturated rings. The van der Waals surface area contributed by atoms with Crippen molar-refractivity contribution < 1.29 is 19.4 Å². The molecule has 0 bridgehead atoms. The molecule has 4 heteroatoms. The molecular weight excluding hydrogens is 268 g/mol. The number of carbonyl (C=O) groups is 1. The van der Waals surface area contributed by atoms with E-state index in [2.05, 4.69) is 13.8 Å². The van der Waals surface area contributed by atoms with Gasteiger partial charge in [-0.2, -0.15) is 0 Å². The molecule has 0 heterocycles. The van der Waals surface area contributed by atoms with E-state index in [0.717, 1.165) is 24.0 Å². The summed E-state index contributed by atoms with van der Waals surface area (Å²) < 4.78 is 10.8. The first-order valence-electron chi connectivity index (χ1n) is 7.45. The summed E-state index contributed by atoms with van der Waals surface area (Å²) in [6, 6.07) is 3.97. The van der Waals surface area contributed by atoms with E-state index in [-0.39, 0.29) is 12.3 Å². The smallest absolute Gasteiger partial charge is 0.303 e. The van der Waals surface area contributed by atoms with E-state index in [1.807, 2.05) is 12.1 Å². The van der Waals surface area contributed by atoms with Gasteiger partial charge in [-0.25, -0.2) is 0 Å². The minimum atomic E-state index is -0.739. The number of benzene rings is 1. The second-order valence-corrected chi connectivity index (χ2v) is 6.03. The Hall–Kier alpha value is -1.71. The summed E-state index contributed by atoms with van der Waals surface area (Å²) in [5.74, 6) is 1.51. The molecule has 2 rings (SSSR count). The average molecular weight is 292 g/mol. The zero-order valence-corrected chi connectivity index (χ0v) is 13.2. The maximum atomic E-state index is 11.2. The lowest BCUT2D eigenvalue weighted by Crippen LogP contribution is -2.12. The molecule has 1 atom stereocenters. The Kier molecular flexibility index (Phi) is 4.76. The lowest BCUT2D eigenvalue weighted by molar-refractivity contribution is -0.137. The Morgan fingerprint density at radius 2 is 1.71 bits per heavy atom. The topological polar surface area (TPSA) is 55.8 Å². The molecule has 116 valence electrons. The number of carboxylic acids is 1. The fourth-order valence-corrected chi connectivity index (χ4v) is 2.95. The number of rotatable bonds is 7. The molecule has 1 unspecified atom stereocenters. The van der Waals surface area contributed by atoms with Gasteiger partial charge in [0.25, 0.3) is 0 Å². The van der Waals surface area contributed by atoms with Crippen LogP contribution in [0.4, 0.5) is 0 Å². The summed E-state index contributed by atoms with van der Waals surface area (Å²) in [6.45, 7) is 4.24. The zero-order chi connectivity index (χ0) is 15.6. The van der Waals surface area contributed by atoms with Crippen LogP contribution in [-0.4, -0.2) is 25.3 Å². The van der Waals surface area contributed by atoms with Crippen LogP contribution in [0.1, 0.15) is 56.1 Å². The standard InChI is InChI=1S/C17H24O4/c1-10(2)12-7-15(20-3)16(21-4)8-14(12)13(9-17(18)19)11-5-6-11/h7-8,10-11,13H,5-6,9H2,1-4H3,(H,18,19). The van der Waals surface area contributed by atoms with Crippen molar-refractivity contribution in [3.63, 3.8) is 0 Å². The van der Waals surface area contributed by atoms with Gasteiger partial charge < -0.3 is 14.6 Å². The van der Waals surface area contributed by atoms with Crippen LogP contribution in [-0.2, 0) is 4.79 Å². The molecule has 1 aliphatic carbocycles. The zero-order valence-electron chi connectivity index (χ0n) is 13.2. The number of hydrogen-bond acceptors (Lipinski definition) is 3. The van der Waals surface area contributed by atoms with Crippen molar-refractivity contribution >= 4 is 5.97 Å². The normalized spacial score (nSPS) is 15.9. The predicted octanol–water partition coefficient (Wildman–Crippen LogP) is 3.80. The van der Waals surface area contributed by atoms with Gasteiger partial charge in [-0.3, -0.25) is 4.79 Å². The second-order valence-electron chi connectivity index (χ2n) is 6.03. The van der Waals surface area contributed by atoms with Crippen molar-refractivity contribution in [2.75, 3.05) is 14.2 Å². The summed E-state index contributed by atoms with van der Waals surface area (Å²) in [4.78, 5) is 11.2. The number of ether oxygens (including phenoxy) is 2. The van der Waals surface area contributed by atoms with Crippen molar-refractivity contribution in [2.45, 2.75) is 44.9 Å². The van der Waals surface area contributed by atoms with Crippen LogP contribution in [0.2, 0.25) is 0 Å². The van der Waals surface area contributed by atoms with Gasteiger partial charge in [-0.05, 0) is 53.9 Å². The van der Waals surface area contributed by atoms with Crippen molar-refractivity contribution in [1.29, 1.82) is 0 Å². The van der Waals surface area contributed by atoms with Gasteiger partial charge >= 0.3 is 5.97 Å². The highest BCUT2D eigenvalue weighted by atomic mass is 16.5. The number of carboxylic acid groups (broad SMARTS) is 1. The lowest BCUT2D eigenvalue weighted by atomic mass is 9.84. The third kappa shape index (κ3) is 3.49. The highest BCUT2D eigenvalue weighted by Gasteiger charge is 2.35. The number of hydrogen-bond donors (Lipinski definition) is 1. The minimum absolute atomic E-state index is 0.0692. The molecule has 1 aliphatic rings. The first-order valence-corrected chi connectivity index (χ1v) is 7.45. The molecule has 0 amide bonds. The van der Waals surface area contributed by atoms with Crippen LogP contribution in [0, 0.1) is 5.92 Å². The van der Waals surface area contributed by atoms with Crippen molar-refractivity contribution in [3.8, 4) is 11.5 Å². The Morgan fingerprint density at radius 1 is 1.19 bits per heavy atom. The molecular formula is C17H24O4. The van der Waals surface area contributed by atoms with Gasteiger partial charge in [0.15, 0.2) is 11.5 Å². The molecule has 0 saturated heterocycles. The maximum Gasteiger partial charge on any atom is 0.303 e. The van der Waals surface area contributed by atoms with Crippen LogP contribution in [0.3, 0.4) is 0 Å². The second kappa shape index (κ2) is 6.37. The third-order valence-corrected chi connectivity index (χ3v) is 4.20. The van der Waals surface area contributed by atoms with E-state index < -0.39 is 5.97 Å². The highest BCUT2D eigenvalue weighted by molar-refractivity contribution is 5.68. The lowest BCUT2D eigenvalue weighted by Gasteiger charge is -2.23. The van der Waals surface area contributed by atoms with Gasteiger partial charge in [0.1, 0.15) is 0 Å². The molecule has 4 nitrogen and oxygen atoms in total. The summed E-state index contributed by atoms with van der Waals surface area (Å²) in [7, 11) is 3.23. The van der Waals surface area contributed by atoms with Gasteiger partial charge in [0.05, 0.1) is 20.6 Å². The van der Waals surface area contributed by atoms with Crippen molar-refractivity contribution in [3.05, 3.63) is 23.3 Å². The summed E-state index contributed by atoms with van der Waals surface area (Å²) in [5.41, 5.74) is 2.26. The van der Waals surface area contributed by atoms with Crippen molar-refractivity contribution in [2.24, 2.45) is 5.92 Å². The fourth-order valence-electron chi connectivity index (χ4n) is 2.95. The minimum Gasteiger partial charge on any atom is -0.493 e. The van der Waals surface area contributed by atoms with Gasteiger partial charge in [0.2, 0.25) is 0 Å². The number of methoxy groups -OCH3 is 2. The summed E-state index contributed by atoms with van der Waals surface area (Å²) >= 11 is 0. The molecule has 0 aliphatic heterocycles. The largest absolute Gasteiger partial charge is 0.493 e. The van der Waals surface area contributed by atoms with Crippen LogP contribution in [0.15, 0.2) is 12.1 Å². The van der Waals surface area contributed by atoms with Crippen LogP contribution < -0.4 is 9.47 Å². The van der Waals surface area contributed by atoms with Gasteiger partial charge in [-0.1, -0.05) is 13.8 Å². The first-order chi connectivity index (χ1) is 9.97. The summed E-state index contributed by atoms with van der Waals surface area (Å²) in [6.07, 6.45) is 2.41. The fraction of sp³-hybridized carbons (Fsp3) is 0.588. The molecule has 1 aromatic carbocycles. The molecule has 1 aromatic rings. The first kappa shape index (κ1) is 15.7. The number of aliphatic carboxylic acids is 1. The van der Waals surface area contributed by atoms with Crippen LogP contribution in [0.25, 0.3) is 0 Å². The molecule has 21 heavy (non-hydrogen) atoms.